The Kier molecular flexibility index (Phi) is 5.46. The number of hydrogen-bond donors (Lipinski definition) is 1. The summed E-state index contributed by atoms with van der Waals surface area (Å²) in [6.07, 6.45) is 3.95. The zero-order chi connectivity index (χ0) is 16.1. The molecule has 0 bridgehead atoms. The molecule has 6 heteroatoms. The fourth-order valence-corrected chi connectivity index (χ4v) is 3.34. The number of carbonyl (C=O) groups excluding carboxylic acids is 1. The van der Waals surface area contributed by atoms with Crippen LogP contribution in [-0.4, -0.2) is 66.2 Å². The lowest BCUT2D eigenvalue weighted by molar-refractivity contribution is 0.0292. The van der Waals surface area contributed by atoms with Gasteiger partial charge < -0.3 is 15.0 Å². The molecular formula is C17H26N4O2. The molecule has 1 N–H and O–H groups in total. The number of pyridine rings is 1. The first-order chi connectivity index (χ1) is 11.2. The fraction of sp³-hybridized carbons (Fsp3) is 0.647. The van der Waals surface area contributed by atoms with Gasteiger partial charge in [0.1, 0.15) is 0 Å². The molecule has 0 aliphatic carbocycles. The van der Waals surface area contributed by atoms with Gasteiger partial charge in [0.05, 0.1) is 25.5 Å². The maximum absolute atomic E-state index is 12.5. The highest BCUT2D eigenvalue weighted by Crippen LogP contribution is 2.19. The second-order valence-corrected chi connectivity index (χ2v) is 6.33. The van der Waals surface area contributed by atoms with Crippen molar-refractivity contribution in [2.24, 2.45) is 0 Å². The number of rotatable bonds is 4. The minimum Gasteiger partial charge on any atom is -0.379 e. The molecule has 2 amide bonds. The second kappa shape index (κ2) is 7.75. The smallest absolute Gasteiger partial charge is 0.318 e. The molecule has 2 aliphatic rings. The molecule has 2 aliphatic heterocycles. The van der Waals surface area contributed by atoms with E-state index < -0.39 is 0 Å². The van der Waals surface area contributed by atoms with Gasteiger partial charge in [-0.3, -0.25) is 9.88 Å². The van der Waals surface area contributed by atoms with Crippen molar-refractivity contribution in [3.63, 3.8) is 0 Å². The van der Waals surface area contributed by atoms with Crippen molar-refractivity contribution < 1.29 is 9.53 Å². The van der Waals surface area contributed by atoms with Crippen molar-refractivity contribution in [2.45, 2.75) is 32.4 Å². The van der Waals surface area contributed by atoms with Gasteiger partial charge in [-0.05, 0) is 31.4 Å². The molecule has 0 saturated carbocycles. The Morgan fingerprint density at radius 3 is 3.00 bits per heavy atom. The number of ether oxygens (including phenoxy) is 1. The lowest BCUT2D eigenvalue weighted by Crippen LogP contribution is -2.49. The normalized spacial score (nSPS) is 22.3. The van der Waals surface area contributed by atoms with Crippen LogP contribution in [0.25, 0.3) is 0 Å². The highest BCUT2D eigenvalue weighted by molar-refractivity contribution is 5.74. The molecule has 0 radical (unpaired) electrons. The number of nitrogens with zero attached hydrogens (tertiary/aromatic N) is 3. The van der Waals surface area contributed by atoms with Crippen LogP contribution in [0, 0.1) is 6.92 Å². The number of amides is 2. The van der Waals surface area contributed by atoms with E-state index in [1.54, 1.807) is 6.20 Å². The molecule has 23 heavy (non-hydrogen) atoms. The van der Waals surface area contributed by atoms with Crippen LogP contribution in [0.1, 0.15) is 24.1 Å². The van der Waals surface area contributed by atoms with Crippen LogP contribution in [-0.2, 0) is 11.3 Å². The van der Waals surface area contributed by atoms with Crippen LogP contribution >= 0.6 is 0 Å². The maximum Gasteiger partial charge on any atom is 0.318 e. The first kappa shape index (κ1) is 16.2. The zero-order valence-electron chi connectivity index (χ0n) is 13.8. The van der Waals surface area contributed by atoms with Crippen molar-refractivity contribution >= 4 is 6.03 Å². The van der Waals surface area contributed by atoms with Gasteiger partial charge in [-0.25, -0.2) is 4.79 Å². The number of hydrogen-bond acceptors (Lipinski definition) is 4. The standard InChI is InChI=1S/C17H26N4O2/c1-14-4-2-6-18-16(14)12-19-17(22)21-7-3-5-15(21)13-20-8-10-23-11-9-20/h2,4,6,15H,3,5,7-13H2,1H3,(H,19,22)/t15-/m1/s1. The Labute approximate surface area is 137 Å². The van der Waals surface area contributed by atoms with Gasteiger partial charge in [-0.2, -0.15) is 0 Å². The Morgan fingerprint density at radius 1 is 1.39 bits per heavy atom. The molecule has 1 aromatic heterocycles. The van der Waals surface area contributed by atoms with Crippen LogP contribution in [0.15, 0.2) is 18.3 Å². The van der Waals surface area contributed by atoms with Gasteiger partial charge in [0, 0.05) is 38.4 Å². The van der Waals surface area contributed by atoms with E-state index in [1.165, 1.54) is 0 Å². The van der Waals surface area contributed by atoms with Gasteiger partial charge in [0.25, 0.3) is 0 Å². The summed E-state index contributed by atoms with van der Waals surface area (Å²) in [5.41, 5.74) is 2.05. The molecular weight excluding hydrogens is 292 g/mol. The fourth-order valence-electron chi connectivity index (χ4n) is 3.34. The van der Waals surface area contributed by atoms with E-state index in [0.29, 0.717) is 12.6 Å². The van der Waals surface area contributed by atoms with E-state index >= 15 is 0 Å². The average molecular weight is 318 g/mol. The molecule has 2 saturated heterocycles. The van der Waals surface area contributed by atoms with Crippen LogP contribution in [0.4, 0.5) is 4.79 Å². The van der Waals surface area contributed by atoms with Gasteiger partial charge >= 0.3 is 6.03 Å². The second-order valence-electron chi connectivity index (χ2n) is 6.33. The molecule has 0 spiro atoms. The number of urea groups is 1. The van der Waals surface area contributed by atoms with Gasteiger partial charge in [0.2, 0.25) is 0 Å². The summed E-state index contributed by atoms with van der Waals surface area (Å²) >= 11 is 0. The van der Waals surface area contributed by atoms with Crippen molar-refractivity contribution in [3.05, 3.63) is 29.6 Å². The van der Waals surface area contributed by atoms with E-state index in [0.717, 1.165) is 63.5 Å². The number of carbonyl (C=O) groups is 1. The van der Waals surface area contributed by atoms with E-state index in [4.69, 9.17) is 4.74 Å². The molecule has 2 fully saturated rings. The summed E-state index contributed by atoms with van der Waals surface area (Å²) < 4.78 is 5.40. The lowest BCUT2D eigenvalue weighted by atomic mass is 10.2. The SMILES string of the molecule is Cc1cccnc1CNC(=O)N1CCC[C@@H]1CN1CCOCC1. The Hall–Kier alpha value is -1.66. The number of aryl methyl sites for hydroxylation is 1. The molecule has 126 valence electrons. The third-order valence-electron chi connectivity index (χ3n) is 4.74. The minimum absolute atomic E-state index is 0.0332. The Balaban J connectivity index is 1.52. The van der Waals surface area contributed by atoms with Gasteiger partial charge in [0.15, 0.2) is 0 Å². The Bertz CT molecular complexity index is 531. The van der Waals surface area contributed by atoms with E-state index in [9.17, 15) is 4.79 Å². The summed E-state index contributed by atoms with van der Waals surface area (Å²) in [7, 11) is 0. The first-order valence-electron chi connectivity index (χ1n) is 8.49. The highest BCUT2D eigenvalue weighted by Gasteiger charge is 2.30. The van der Waals surface area contributed by atoms with E-state index in [1.807, 2.05) is 24.0 Å². The Morgan fingerprint density at radius 2 is 2.22 bits per heavy atom. The van der Waals surface area contributed by atoms with Gasteiger partial charge in [-0.1, -0.05) is 6.07 Å². The number of likely N-dealkylation sites (tertiary alicyclic amines) is 1. The quantitative estimate of drug-likeness (QED) is 0.912. The zero-order valence-corrected chi connectivity index (χ0v) is 13.8. The van der Waals surface area contributed by atoms with Crippen LogP contribution in [0.3, 0.4) is 0 Å². The maximum atomic E-state index is 12.5. The average Bonchev–Trinajstić information content (AvgIpc) is 3.03. The van der Waals surface area contributed by atoms with Gasteiger partial charge in [-0.15, -0.1) is 0 Å². The summed E-state index contributed by atoms with van der Waals surface area (Å²) in [6.45, 7) is 7.87. The minimum atomic E-state index is 0.0332. The van der Waals surface area contributed by atoms with Crippen molar-refractivity contribution in [1.82, 2.24) is 20.1 Å². The van der Waals surface area contributed by atoms with Crippen molar-refractivity contribution in [1.29, 1.82) is 0 Å². The summed E-state index contributed by atoms with van der Waals surface area (Å²) in [5, 5.41) is 3.03. The summed E-state index contributed by atoms with van der Waals surface area (Å²) in [4.78, 5) is 21.3. The molecule has 3 heterocycles. The van der Waals surface area contributed by atoms with E-state index in [2.05, 4.69) is 15.2 Å². The van der Waals surface area contributed by atoms with Crippen LogP contribution in [0.2, 0.25) is 0 Å². The first-order valence-corrected chi connectivity index (χ1v) is 8.49. The monoisotopic (exact) mass is 318 g/mol. The molecule has 0 unspecified atom stereocenters. The summed E-state index contributed by atoms with van der Waals surface area (Å²) in [6, 6.07) is 4.29. The van der Waals surface area contributed by atoms with Crippen molar-refractivity contribution in [3.8, 4) is 0 Å². The molecule has 0 aromatic carbocycles. The molecule has 1 aromatic rings. The lowest BCUT2D eigenvalue weighted by Gasteiger charge is -2.32. The molecule has 6 nitrogen and oxygen atoms in total. The third-order valence-corrected chi connectivity index (χ3v) is 4.74. The third kappa shape index (κ3) is 4.20. The van der Waals surface area contributed by atoms with Crippen LogP contribution < -0.4 is 5.32 Å². The predicted molar refractivity (Wildman–Crippen MR) is 88.2 cm³/mol. The predicted octanol–water partition coefficient (Wildman–Crippen LogP) is 1.40. The largest absolute Gasteiger partial charge is 0.379 e. The van der Waals surface area contributed by atoms with Crippen LogP contribution in [0.5, 0.6) is 0 Å². The highest BCUT2D eigenvalue weighted by atomic mass is 16.5. The summed E-state index contributed by atoms with van der Waals surface area (Å²) in [5.74, 6) is 0. The number of aromatic nitrogens is 1. The molecule has 3 rings (SSSR count). The number of nitrogens with one attached hydrogen (secondary N) is 1. The van der Waals surface area contributed by atoms with Crippen molar-refractivity contribution in [2.75, 3.05) is 39.4 Å². The number of morpholine rings is 1. The van der Waals surface area contributed by atoms with E-state index in [-0.39, 0.29) is 6.03 Å². The molecule has 1 atom stereocenters. The topological polar surface area (TPSA) is 57.7 Å².